The minimum absolute atomic E-state index is 0.685. The highest BCUT2D eigenvalue weighted by molar-refractivity contribution is 6.30. The Bertz CT molecular complexity index is 423. The monoisotopic (exact) mass is 265 g/mol. The normalized spacial score (nSPS) is 29.1. The molecule has 0 radical (unpaired) electrons. The van der Waals surface area contributed by atoms with Gasteiger partial charge in [0.2, 0.25) is 0 Å². The lowest BCUT2D eigenvalue weighted by atomic mass is 9.96. The van der Waals surface area contributed by atoms with E-state index in [0.29, 0.717) is 6.04 Å². The molecule has 98 valence electrons. The highest BCUT2D eigenvalue weighted by Crippen LogP contribution is 2.29. The first kappa shape index (κ1) is 12.2. The molecule has 0 aromatic carbocycles. The van der Waals surface area contributed by atoms with Crippen LogP contribution in [0.4, 0.5) is 5.69 Å². The van der Waals surface area contributed by atoms with Crippen molar-refractivity contribution in [2.24, 2.45) is 0 Å². The maximum atomic E-state index is 6.05. The van der Waals surface area contributed by atoms with Gasteiger partial charge in [0.05, 0.1) is 16.9 Å². The summed E-state index contributed by atoms with van der Waals surface area (Å²) in [5.41, 5.74) is 1.17. The fourth-order valence-corrected chi connectivity index (χ4v) is 3.49. The van der Waals surface area contributed by atoms with E-state index < -0.39 is 0 Å². The van der Waals surface area contributed by atoms with Crippen molar-refractivity contribution in [3.63, 3.8) is 0 Å². The summed E-state index contributed by atoms with van der Waals surface area (Å²) in [6.45, 7) is 2.22. The largest absolute Gasteiger partial charge is 0.369 e. The molecule has 3 rings (SSSR count). The number of likely N-dealkylation sites (N-methyl/N-ethyl adjacent to an activating group) is 1. The van der Waals surface area contributed by atoms with Gasteiger partial charge in [0.1, 0.15) is 0 Å². The summed E-state index contributed by atoms with van der Waals surface area (Å²) in [6.07, 6.45) is 8.93. The zero-order valence-corrected chi connectivity index (χ0v) is 11.6. The lowest BCUT2D eigenvalue weighted by Gasteiger charge is -2.37. The standard InChI is InChI=1S/C14H20ClN3/c1-17-12-3-2-4-13(17)10-18(6-5-12)14-7-11(15)8-16-9-14/h7-9,12-13H,2-6,10H2,1H3. The summed E-state index contributed by atoms with van der Waals surface area (Å²) in [5.74, 6) is 0. The predicted molar refractivity (Wildman–Crippen MR) is 75.3 cm³/mol. The molecule has 2 aliphatic rings. The zero-order chi connectivity index (χ0) is 12.5. The molecule has 0 spiro atoms. The number of nitrogens with zero attached hydrogens (tertiary/aromatic N) is 3. The second kappa shape index (κ2) is 5.06. The highest BCUT2D eigenvalue weighted by Gasteiger charge is 2.32. The van der Waals surface area contributed by atoms with Gasteiger partial charge < -0.3 is 4.90 Å². The SMILES string of the molecule is CN1C2CCCC1CN(c1cncc(Cl)c1)CC2. The van der Waals surface area contributed by atoms with E-state index in [0.717, 1.165) is 24.2 Å². The lowest BCUT2D eigenvalue weighted by Crippen LogP contribution is -2.45. The average molecular weight is 266 g/mol. The molecule has 3 nitrogen and oxygen atoms in total. The molecule has 1 aromatic heterocycles. The Labute approximate surface area is 114 Å². The molecule has 0 saturated carbocycles. The summed E-state index contributed by atoms with van der Waals surface area (Å²) < 4.78 is 0. The first-order chi connectivity index (χ1) is 8.74. The lowest BCUT2D eigenvalue weighted by molar-refractivity contribution is 0.127. The quantitative estimate of drug-likeness (QED) is 0.778. The average Bonchev–Trinajstić information content (AvgIpc) is 2.47. The van der Waals surface area contributed by atoms with Crippen molar-refractivity contribution in [2.45, 2.75) is 37.8 Å². The van der Waals surface area contributed by atoms with Gasteiger partial charge in [-0.1, -0.05) is 18.0 Å². The van der Waals surface area contributed by atoms with Crippen molar-refractivity contribution in [3.05, 3.63) is 23.5 Å². The highest BCUT2D eigenvalue weighted by atomic mass is 35.5. The third-order valence-electron chi connectivity index (χ3n) is 4.45. The zero-order valence-electron chi connectivity index (χ0n) is 10.8. The van der Waals surface area contributed by atoms with Crippen molar-refractivity contribution >= 4 is 17.3 Å². The Morgan fingerprint density at radius 1 is 1.22 bits per heavy atom. The molecule has 0 aliphatic carbocycles. The number of piperidine rings is 1. The third kappa shape index (κ3) is 2.34. The molecule has 18 heavy (non-hydrogen) atoms. The van der Waals surface area contributed by atoms with Crippen LogP contribution in [0, 0.1) is 0 Å². The van der Waals surface area contributed by atoms with Gasteiger partial charge in [-0.15, -0.1) is 0 Å². The first-order valence-electron chi connectivity index (χ1n) is 6.81. The molecular formula is C14H20ClN3. The number of hydrogen-bond donors (Lipinski definition) is 0. The summed E-state index contributed by atoms with van der Waals surface area (Å²) in [5, 5.41) is 0.730. The summed E-state index contributed by atoms with van der Waals surface area (Å²) >= 11 is 6.05. The van der Waals surface area contributed by atoms with E-state index in [1.807, 2.05) is 12.3 Å². The van der Waals surface area contributed by atoms with E-state index in [-0.39, 0.29) is 0 Å². The second-order valence-corrected chi connectivity index (χ2v) is 5.94. The van der Waals surface area contributed by atoms with E-state index in [2.05, 4.69) is 21.8 Å². The summed E-state index contributed by atoms with van der Waals surface area (Å²) in [7, 11) is 2.29. The minimum Gasteiger partial charge on any atom is -0.369 e. The predicted octanol–water partition coefficient (Wildman–Crippen LogP) is 2.80. The number of fused-ring (bicyclic) bond motifs is 2. The van der Waals surface area contributed by atoms with Crippen LogP contribution in [0.15, 0.2) is 18.5 Å². The van der Waals surface area contributed by atoms with Crippen LogP contribution in [0.2, 0.25) is 5.02 Å². The van der Waals surface area contributed by atoms with Gasteiger partial charge in [-0.3, -0.25) is 9.88 Å². The molecule has 4 heteroatoms. The van der Waals surface area contributed by atoms with Gasteiger partial charge in [0, 0.05) is 31.4 Å². The van der Waals surface area contributed by atoms with Crippen molar-refractivity contribution in [1.82, 2.24) is 9.88 Å². The molecule has 2 saturated heterocycles. The Balaban J connectivity index is 1.82. The Hall–Kier alpha value is -0.800. The molecule has 1 aromatic rings. The number of rotatable bonds is 1. The number of pyridine rings is 1. The van der Waals surface area contributed by atoms with Gasteiger partial charge in [0.25, 0.3) is 0 Å². The Kier molecular flexibility index (Phi) is 3.44. The van der Waals surface area contributed by atoms with Gasteiger partial charge in [-0.25, -0.2) is 0 Å². The fourth-order valence-electron chi connectivity index (χ4n) is 3.32. The van der Waals surface area contributed by atoms with Crippen LogP contribution in [0.1, 0.15) is 25.7 Å². The topological polar surface area (TPSA) is 19.4 Å². The minimum atomic E-state index is 0.685. The third-order valence-corrected chi connectivity index (χ3v) is 4.65. The maximum Gasteiger partial charge on any atom is 0.0609 e. The van der Waals surface area contributed by atoms with Gasteiger partial charge >= 0.3 is 0 Å². The molecule has 2 aliphatic heterocycles. The van der Waals surface area contributed by atoms with Crippen molar-refractivity contribution in [3.8, 4) is 0 Å². The van der Waals surface area contributed by atoms with E-state index in [1.165, 1.54) is 31.4 Å². The Morgan fingerprint density at radius 3 is 2.89 bits per heavy atom. The van der Waals surface area contributed by atoms with E-state index in [1.54, 1.807) is 6.20 Å². The summed E-state index contributed by atoms with van der Waals surface area (Å²) in [6, 6.07) is 3.48. The van der Waals surface area contributed by atoms with E-state index in [9.17, 15) is 0 Å². The molecule has 2 atom stereocenters. The van der Waals surface area contributed by atoms with Crippen LogP contribution in [-0.2, 0) is 0 Å². The van der Waals surface area contributed by atoms with Gasteiger partial charge in [-0.05, 0) is 32.4 Å². The van der Waals surface area contributed by atoms with Crippen molar-refractivity contribution in [2.75, 3.05) is 25.0 Å². The fraction of sp³-hybridized carbons (Fsp3) is 0.643. The molecule has 2 bridgehead atoms. The molecule has 3 heterocycles. The molecular weight excluding hydrogens is 246 g/mol. The number of halogens is 1. The van der Waals surface area contributed by atoms with E-state index in [4.69, 9.17) is 11.6 Å². The van der Waals surface area contributed by atoms with Crippen molar-refractivity contribution < 1.29 is 0 Å². The smallest absolute Gasteiger partial charge is 0.0609 e. The van der Waals surface area contributed by atoms with Crippen LogP contribution < -0.4 is 4.90 Å². The van der Waals surface area contributed by atoms with Crippen LogP contribution in [0.5, 0.6) is 0 Å². The number of anilines is 1. The number of aromatic nitrogens is 1. The summed E-state index contributed by atoms with van der Waals surface area (Å²) in [4.78, 5) is 9.24. The van der Waals surface area contributed by atoms with E-state index >= 15 is 0 Å². The van der Waals surface area contributed by atoms with Gasteiger partial charge in [0.15, 0.2) is 0 Å². The maximum absolute atomic E-state index is 6.05. The molecule has 0 N–H and O–H groups in total. The van der Waals surface area contributed by atoms with Crippen LogP contribution in [0.3, 0.4) is 0 Å². The van der Waals surface area contributed by atoms with Gasteiger partial charge in [-0.2, -0.15) is 0 Å². The second-order valence-electron chi connectivity index (χ2n) is 5.50. The Morgan fingerprint density at radius 2 is 2.06 bits per heavy atom. The van der Waals surface area contributed by atoms with Crippen molar-refractivity contribution in [1.29, 1.82) is 0 Å². The van der Waals surface area contributed by atoms with Crippen LogP contribution in [0.25, 0.3) is 0 Å². The molecule has 0 amide bonds. The molecule has 2 unspecified atom stereocenters. The van der Waals surface area contributed by atoms with Crippen LogP contribution in [-0.4, -0.2) is 42.1 Å². The molecule has 2 fully saturated rings. The van der Waals surface area contributed by atoms with Crippen LogP contribution >= 0.6 is 11.6 Å². The number of hydrogen-bond acceptors (Lipinski definition) is 3. The first-order valence-corrected chi connectivity index (χ1v) is 7.19.